The van der Waals surface area contributed by atoms with Crippen LogP contribution in [0.25, 0.3) is 0 Å². The zero-order valence-electron chi connectivity index (χ0n) is 23.4. The van der Waals surface area contributed by atoms with Crippen LogP contribution < -0.4 is 21.1 Å². The van der Waals surface area contributed by atoms with Gasteiger partial charge in [0.1, 0.15) is 11.3 Å². The number of ether oxygens (including phenoxy) is 2. The van der Waals surface area contributed by atoms with Gasteiger partial charge in [0.05, 0.1) is 24.6 Å². The van der Waals surface area contributed by atoms with Crippen molar-refractivity contribution in [1.29, 1.82) is 0 Å². The molecule has 1 heterocycles. The maximum atomic E-state index is 13.0. The smallest absolute Gasteiger partial charge is 0.255 e. The van der Waals surface area contributed by atoms with Crippen LogP contribution >= 0.6 is 0 Å². The average molecular weight is 532 g/mol. The van der Waals surface area contributed by atoms with Crippen LogP contribution in [0.3, 0.4) is 0 Å². The van der Waals surface area contributed by atoms with Crippen LogP contribution in [-0.2, 0) is 15.1 Å². The van der Waals surface area contributed by atoms with Gasteiger partial charge in [-0.15, -0.1) is 0 Å². The highest BCUT2D eigenvalue weighted by Crippen LogP contribution is 2.21. The van der Waals surface area contributed by atoms with Gasteiger partial charge in [0.2, 0.25) is 5.91 Å². The highest BCUT2D eigenvalue weighted by Gasteiger charge is 2.30. The van der Waals surface area contributed by atoms with E-state index in [1.807, 2.05) is 6.07 Å². The highest BCUT2D eigenvalue weighted by molar-refractivity contribution is 5.96. The molecule has 0 spiro atoms. The van der Waals surface area contributed by atoms with Gasteiger partial charge in [-0.1, -0.05) is 26.0 Å². The van der Waals surface area contributed by atoms with Crippen LogP contribution in [-0.4, -0.2) is 72.0 Å². The Bertz CT molecular complexity index is 980. The number of methoxy groups -OCH3 is 1. The molecule has 1 aromatic heterocycles. The number of aliphatic hydroxyl groups is 1. The van der Waals surface area contributed by atoms with E-state index < -0.39 is 17.7 Å². The van der Waals surface area contributed by atoms with E-state index in [-0.39, 0.29) is 30.2 Å². The molecule has 3 atom stereocenters. The highest BCUT2D eigenvalue weighted by atomic mass is 16.5. The first-order chi connectivity index (χ1) is 18.1. The summed E-state index contributed by atoms with van der Waals surface area (Å²) in [6, 6.07) is 6.61. The summed E-state index contributed by atoms with van der Waals surface area (Å²) in [4.78, 5) is 29.7. The van der Waals surface area contributed by atoms with E-state index in [1.54, 1.807) is 62.4 Å². The minimum atomic E-state index is -0.929. The quantitative estimate of drug-likeness (QED) is 0.230. The summed E-state index contributed by atoms with van der Waals surface area (Å²) in [6.45, 7) is 9.28. The molecule has 2 aromatic rings. The molecule has 10 heteroatoms. The number of carbonyl (C=O) groups is 2. The van der Waals surface area contributed by atoms with Crippen LogP contribution in [0.1, 0.15) is 57.3 Å². The number of benzene rings is 1. The van der Waals surface area contributed by atoms with Crippen LogP contribution in [0.2, 0.25) is 0 Å². The molecular weight excluding hydrogens is 486 g/mol. The van der Waals surface area contributed by atoms with E-state index in [1.165, 1.54) is 0 Å². The predicted molar refractivity (Wildman–Crippen MR) is 147 cm³/mol. The molecule has 10 nitrogen and oxygen atoms in total. The lowest BCUT2D eigenvalue weighted by Gasteiger charge is -2.29. The Hall–Kier alpha value is -2.95. The van der Waals surface area contributed by atoms with Crippen LogP contribution in [0.15, 0.2) is 43.0 Å². The SMILES string of the molecule is COCCCCOc1ccccc1C(=O)NCC(CC(N)C(O)CNC(=O)C(C)(C)n1ccnc1)C(C)C. The maximum Gasteiger partial charge on any atom is 0.255 e. The molecule has 1 aromatic carbocycles. The van der Waals surface area contributed by atoms with Crippen molar-refractivity contribution < 1.29 is 24.2 Å². The first kappa shape index (κ1) is 31.3. The third-order valence-corrected chi connectivity index (χ3v) is 6.85. The number of rotatable bonds is 17. The number of amides is 2. The molecule has 0 aliphatic rings. The Morgan fingerprint density at radius 3 is 2.50 bits per heavy atom. The Balaban J connectivity index is 1.87. The van der Waals surface area contributed by atoms with Gasteiger partial charge >= 0.3 is 0 Å². The van der Waals surface area contributed by atoms with Crippen molar-refractivity contribution in [2.24, 2.45) is 17.6 Å². The molecule has 0 aliphatic carbocycles. The first-order valence-electron chi connectivity index (χ1n) is 13.3. The zero-order valence-corrected chi connectivity index (χ0v) is 23.4. The fourth-order valence-electron chi connectivity index (χ4n) is 4.00. The first-order valence-corrected chi connectivity index (χ1v) is 13.3. The minimum absolute atomic E-state index is 0.0313. The number of nitrogens with zero attached hydrogens (tertiary/aromatic N) is 2. The van der Waals surface area contributed by atoms with Gasteiger partial charge in [0, 0.05) is 45.2 Å². The zero-order chi connectivity index (χ0) is 28.1. The number of carbonyl (C=O) groups excluding carboxylic acids is 2. The van der Waals surface area contributed by atoms with Crippen LogP contribution in [0, 0.1) is 11.8 Å². The number of imidazole rings is 1. The third-order valence-electron chi connectivity index (χ3n) is 6.85. The molecule has 0 aliphatic heterocycles. The number of nitrogens with one attached hydrogen (secondary N) is 2. The molecule has 2 amide bonds. The molecule has 0 saturated carbocycles. The van der Waals surface area contributed by atoms with Crippen molar-refractivity contribution in [2.45, 2.75) is 64.6 Å². The van der Waals surface area contributed by atoms with Crippen molar-refractivity contribution in [3.8, 4) is 5.75 Å². The fraction of sp³-hybridized carbons (Fsp3) is 0.607. The van der Waals surface area contributed by atoms with E-state index >= 15 is 0 Å². The summed E-state index contributed by atoms with van der Waals surface area (Å²) in [5.41, 5.74) is 5.95. The summed E-state index contributed by atoms with van der Waals surface area (Å²) in [5, 5.41) is 16.5. The van der Waals surface area contributed by atoms with Gasteiger partial charge < -0.3 is 35.5 Å². The number of aromatic nitrogens is 2. The topological polar surface area (TPSA) is 141 Å². The number of hydrogen-bond donors (Lipinski definition) is 4. The molecule has 2 rings (SSSR count). The molecule has 212 valence electrons. The molecule has 0 fully saturated rings. The minimum Gasteiger partial charge on any atom is -0.493 e. The Kier molecular flexibility index (Phi) is 12.7. The van der Waals surface area contributed by atoms with Gasteiger partial charge in [-0.25, -0.2) is 4.98 Å². The molecule has 5 N–H and O–H groups in total. The van der Waals surface area contributed by atoms with Crippen LogP contribution in [0.5, 0.6) is 5.75 Å². The maximum absolute atomic E-state index is 13.0. The van der Waals surface area contributed by atoms with Gasteiger partial charge in [-0.2, -0.15) is 0 Å². The molecule has 38 heavy (non-hydrogen) atoms. The summed E-state index contributed by atoms with van der Waals surface area (Å²) in [6.07, 6.45) is 6.19. The van der Waals surface area contributed by atoms with Crippen molar-refractivity contribution in [2.75, 3.05) is 33.4 Å². The number of hydrogen-bond acceptors (Lipinski definition) is 7. The summed E-state index contributed by atoms with van der Waals surface area (Å²) < 4.78 is 12.6. The fourth-order valence-corrected chi connectivity index (χ4v) is 4.00. The van der Waals surface area contributed by atoms with E-state index in [9.17, 15) is 14.7 Å². The predicted octanol–water partition coefficient (Wildman–Crippen LogP) is 2.32. The van der Waals surface area contributed by atoms with Gasteiger partial charge in [-0.05, 0) is 57.1 Å². The summed E-state index contributed by atoms with van der Waals surface area (Å²) in [5.74, 6) is 0.338. The standard InChI is InChI=1S/C28H45N5O5/c1-20(2)21(16-23(29)24(34)18-32-27(36)28(3,4)33-13-12-30-19-33)17-31-26(35)22-10-6-7-11-25(22)38-15-9-8-14-37-5/h6-7,10-13,19-21,23-24,34H,8-9,14-18,29H2,1-5H3,(H,31,35)(H,32,36). The summed E-state index contributed by atoms with van der Waals surface area (Å²) >= 11 is 0. The third kappa shape index (κ3) is 9.41. The number of aliphatic hydroxyl groups excluding tert-OH is 1. The van der Waals surface area contributed by atoms with Gasteiger partial charge in [0.25, 0.3) is 5.91 Å². The lowest BCUT2D eigenvalue weighted by atomic mass is 9.87. The van der Waals surface area contributed by atoms with E-state index in [2.05, 4.69) is 29.5 Å². The lowest BCUT2D eigenvalue weighted by Crippen LogP contribution is -2.50. The summed E-state index contributed by atoms with van der Waals surface area (Å²) in [7, 11) is 1.67. The number of nitrogens with two attached hydrogens (primary N) is 1. The molecule has 3 unspecified atom stereocenters. The Morgan fingerprint density at radius 1 is 1.13 bits per heavy atom. The average Bonchev–Trinajstić information content (AvgIpc) is 3.45. The number of para-hydroxylation sites is 1. The lowest BCUT2D eigenvalue weighted by molar-refractivity contribution is -0.128. The Labute approximate surface area is 226 Å². The van der Waals surface area contributed by atoms with Crippen molar-refractivity contribution >= 4 is 11.8 Å². The van der Waals surface area contributed by atoms with Gasteiger partial charge in [0.15, 0.2) is 0 Å². The molecule has 0 saturated heterocycles. The monoisotopic (exact) mass is 531 g/mol. The second-order valence-electron chi connectivity index (χ2n) is 10.5. The largest absolute Gasteiger partial charge is 0.493 e. The van der Waals surface area contributed by atoms with Crippen LogP contribution in [0.4, 0.5) is 0 Å². The van der Waals surface area contributed by atoms with E-state index in [4.69, 9.17) is 15.2 Å². The van der Waals surface area contributed by atoms with E-state index in [0.717, 1.165) is 12.8 Å². The second kappa shape index (κ2) is 15.5. The normalized spacial score (nSPS) is 14.1. The van der Waals surface area contributed by atoms with E-state index in [0.29, 0.717) is 37.5 Å². The molecule has 0 bridgehead atoms. The van der Waals surface area contributed by atoms with Crippen molar-refractivity contribution in [1.82, 2.24) is 20.2 Å². The van der Waals surface area contributed by atoms with Gasteiger partial charge in [-0.3, -0.25) is 9.59 Å². The van der Waals surface area contributed by atoms with Crippen molar-refractivity contribution in [3.63, 3.8) is 0 Å². The molecule has 0 radical (unpaired) electrons. The van der Waals surface area contributed by atoms with Crippen molar-refractivity contribution in [3.05, 3.63) is 48.5 Å². The second-order valence-corrected chi connectivity index (χ2v) is 10.5. The number of unbranched alkanes of at least 4 members (excludes halogenated alkanes) is 1. The molecular formula is C28H45N5O5. The Morgan fingerprint density at radius 2 is 1.84 bits per heavy atom.